The van der Waals surface area contributed by atoms with E-state index in [2.05, 4.69) is 0 Å². The van der Waals surface area contributed by atoms with Crippen LogP contribution in [0.4, 0.5) is 0 Å². The van der Waals surface area contributed by atoms with Crippen LogP contribution in [0.3, 0.4) is 0 Å². The zero-order valence-electron chi connectivity index (χ0n) is 3.62. The van der Waals surface area contributed by atoms with Gasteiger partial charge in [-0.25, -0.2) is 0 Å². The molecule has 1 radical (unpaired) electrons. The Bertz CT molecular complexity index is 67.1. The second kappa shape index (κ2) is 2.69. The van der Waals surface area contributed by atoms with Gasteiger partial charge in [0.05, 0.1) is 0 Å². The molecule has 0 fully saturated rings. The third kappa shape index (κ3) is 57.9. The standard InChI is InChI=1S/6ClH.Na.Ru/h6*1H;;/q;;;;;;;+6/p-6. The summed E-state index contributed by atoms with van der Waals surface area (Å²) in [4.78, 5) is 0. The summed E-state index contributed by atoms with van der Waals surface area (Å²) in [6.45, 7) is -5.22. The molecule has 51 valence electrons. The molecule has 0 N–H and O–H groups in total. The Labute approximate surface area is 92.3 Å². The maximum absolute atomic E-state index is 5.22. The molecule has 0 bridgehead atoms. The van der Waals surface area contributed by atoms with Crippen molar-refractivity contribution in [2.24, 2.45) is 0 Å². The first-order valence-electron chi connectivity index (χ1n) is 0.802. The molecule has 0 unspecified atom stereocenters. The Morgan fingerprint density at radius 3 is 0.625 bits per heavy atom. The first-order chi connectivity index (χ1) is 2.45. The van der Waals surface area contributed by atoms with Gasteiger partial charge in [-0.2, -0.15) is 0 Å². The fraction of sp³-hybridized carbons (Fsp3) is 0. The Morgan fingerprint density at radius 2 is 0.625 bits per heavy atom. The molecule has 0 aromatic carbocycles. The summed E-state index contributed by atoms with van der Waals surface area (Å²) in [5.74, 6) is 0. The second-order valence-corrected chi connectivity index (χ2v) is 40.3. The van der Waals surface area contributed by atoms with Gasteiger partial charge in [0.2, 0.25) is 0 Å². The largest absolute Gasteiger partial charge is 0 e. The summed E-state index contributed by atoms with van der Waals surface area (Å²) in [6.07, 6.45) is 0. The van der Waals surface area contributed by atoms with Crippen LogP contribution in [0, 0.1) is 0 Å². The predicted octanol–water partition coefficient (Wildman–Crippen LogP) is 3.75. The van der Waals surface area contributed by atoms with Crippen molar-refractivity contribution < 1.29 is 6.48 Å². The fourth-order valence-electron chi connectivity index (χ4n) is 0. The molecule has 0 atom stereocenters. The van der Waals surface area contributed by atoms with Crippen molar-refractivity contribution >= 4 is 87.7 Å². The first-order valence-corrected chi connectivity index (χ1v) is 14.2. The van der Waals surface area contributed by atoms with Gasteiger partial charge in [-0.1, -0.05) is 0 Å². The van der Waals surface area contributed by atoms with E-state index in [4.69, 9.17) is 58.1 Å². The van der Waals surface area contributed by atoms with E-state index in [-0.39, 0.29) is 29.6 Å². The topological polar surface area (TPSA) is 0 Å². The summed E-state index contributed by atoms with van der Waals surface area (Å²) < 4.78 is 0. The predicted molar refractivity (Wildman–Crippen MR) is 40.9 cm³/mol. The van der Waals surface area contributed by atoms with E-state index in [1.54, 1.807) is 0 Å². The third-order valence-electron chi connectivity index (χ3n) is 0. The maximum atomic E-state index is 5.04. The van der Waals surface area contributed by atoms with Crippen LogP contribution in [0.25, 0.3) is 0 Å². The average Bonchev–Trinajstić information content (AvgIpc) is 0.592. The van der Waals surface area contributed by atoms with Crippen LogP contribution in [0.15, 0.2) is 0 Å². The summed E-state index contributed by atoms with van der Waals surface area (Å²) in [5.41, 5.74) is 0. The van der Waals surface area contributed by atoms with E-state index in [0.29, 0.717) is 0 Å². The molecule has 0 aliphatic carbocycles. The normalized spacial score (nSPS) is 20.2. The van der Waals surface area contributed by atoms with Gasteiger partial charge in [0.1, 0.15) is 0 Å². The van der Waals surface area contributed by atoms with E-state index >= 15 is 0 Å². The van der Waals surface area contributed by atoms with Crippen molar-refractivity contribution in [1.29, 1.82) is 0 Å². The van der Waals surface area contributed by atoms with Crippen LogP contribution >= 0.6 is 58.1 Å². The summed E-state index contributed by atoms with van der Waals surface area (Å²) >= 11 is 0. The summed E-state index contributed by atoms with van der Waals surface area (Å²) in [6, 6.07) is 0. The minimum Gasteiger partial charge on any atom is 0 e. The van der Waals surface area contributed by atoms with Crippen molar-refractivity contribution in [2.45, 2.75) is 0 Å². The Kier molecular flexibility index (Phi) is 4.69. The van der Waals surface area contributed by atoms with Gasteiger partial charge in [0.25, 0.3) is 0 Å². The molecule has 0 aromatic heterocycles. The van der Waals surface area contributed by atoms with Gasteiger partial charge in [0.15, 0.2) is 0 Å². The molecular weight excluding hydrogens is 337 g/mol. The van der Waals surface area contributed by atoms with Crippen LogP contribution in [0.1, 0.15) is 0 Å². The quantitative estimate of drug-likeness (QED) is 0.591. The molecule has 0 aliphatic heterocycles. The van der Waals surface area contributed by atoms with Gasteiger partial charge in [-0.05, 0) is 0 Å². The molecule has 0 spiro atoms. The van der Waals surface area contributed by atoms with Crippen LogP contribution < -0.4 is 0 Å². The third-order valence-corrected chi connectivity index (χ3v) is 0. The molecule has 0 nitrogen and oxygen atoms in total. The molecular formula is Cl6NaRu. The van der Waals surface area contributed by atoms with Gasteiger partial charge < -0.3 is 0 Å². The van der Waals surface area contributed by atoms with Crippen LogP contribution in [0.5, 0.6) is 0 Å². The maximum Gasteiger partial charge on any atom is 0 e. The van der Waals surface area contributed by atoms with E-state index in [9.17, 15) is 0 Å². The van der Waals surface area contributed by atoms with E-state index in [0.717, 1.165) is 0 Å². The monoisotopic (exact) mass is 335 g/mol. The second-order valence-electron chi connectivity index (χ2n) is 0.758. The van der Waals surface area contributed by atoms with Crippen molar-refractivity contribution in [3.05, 3.63) is 0 Å². The van der Waals surface area contributed by atoms with Crippen LogP contribution in [0.2, 0.25) is 0 Å². The Morgan fingerprint density at radius 1 is 0.625 bits per heavy atom. The molecule has 0 saturated carbocycles. The molecule has 0 amide bonds. The van der Waals surface area contributed by atoms with E-state index in [1.165, 1.54) is 0 Å². The smallest absolute Gasteiger partial charge is 0 e. The fourth-order valence-corrected chi connectivity index (χ4v) is 0. The minimum atomic E-state index is -5.22. The van der Waals surface area contributed by atoms with Gasteiger partial charge in [-0.3, -0.25) is 0 Å². The zero-order chi connectivity index (χ0) is 6.41. The SMILES string of the molecule is [Cl][Ru]([Cl])([Cl])([Cl])([Cl])[Cl].[Na]. The van der Waals surface area contributed by atoms with Crippen LogP contribution in [-0.2, 0) is 6.48 Å². The summed E-state index contributed by atoms with van der Waals surface area (Å²) in [5, 5.41) is 0. The Hall–Kier alpha value is 3.36. The Balaban J connectivity index is 0. The van der Waals surface area contributed by atoms with E-state index < -0.39 is 6.48 Å². The molecule has 0 aromatic rings. The zero-order valence-corrected chi connectivity index (χ0v) is 11.9. The van der Waals surface area contributed by atoms with Crippen LogP contribution in [-0.4, -0.2) is 29.6 Å². The molecule has 8 heteroatoms. The summed E-state index contributed by atoms with van der Waals surface area (Å²) in [7, 11) is 30.3. The number of halogens is 6. The average molecular weight is 337 g/mol. The molecule has 0 aliphatic rings. The first kappa shape index (κ1) is 13.9. The van der Waals surface area contributed by atoms with Gasteiger partial charge >= 0.3 is 64.6 Å². The number of hydrogen-bond acceptors (Lipinski definition) is 0. The minimum absolute atomic E-state index is 0. The van der Waals surface area contributed by atoms with Crippen molar-refractivity contribution in [1.82, 2.24) is 0 Å². The molecule has 0 saturated heterocycles. The molecule has 0 rings (SSSR count). The van der Waals surface area contributed by atoms with Crippen molar-refractivity contribution in [3.8, 4) is 0 Å². The number of rotatable bonds is 0. The number of hydrogen-bond donors (Lipinski definition) is 0. The molecule has 8 heavy (non-hydrogen) atoms. The van der Waals surface area contributed by atoms with Crippen molar-refractivity contribution in [2.75, 3.05) is 0 Å². The van der Waals surface area contributed by atoms with Crippen molar-refractivity contribution in [3.63, 3.8) is 0 Å². The van der Waals surface area contributed by atoms with Gasteiger partial charge in [0, 0.05) is 29.6 Å². The van der Waals surface area contributed by atoms with Gasteiger partial charge in [-0.15, -0.1) is 0 Å². The van der Waals surface area contributed by atoms with E-state index in [1.807, 2.05) is 0 Å². The molecule has 0 heterocycles.